The first-order chi connectivity index (χ1) is 8.83. The van der Waals surface area contributed by atoms with Crippen LogP contribution in [0.4, 0.5) is 0 Å². The third-order valence-corrected chi connectivity index (χ3v) is 4.87. The molecule has 0 aromatic heterocycles. The number of Topliss-reactive ketones (excluding diaryl/α,β-unsaturated/α-hetero) is 1. The number of hydrogen-bond donors (Lipinski definition) is 0. The number of allylic oxidation sites excluding steroid dienone is 2. The molecule has 2 aliphatic carbocycles. The van der Waals surface area contributed by atoms with Crippen LogP contribution < -0.4 is 0 Å². The maximum atomic E-state index is 12.6. The van der Waals surface area contributed by atoms with Crippen molar-refractivity contribution < 1.29 is 4.79 Å². The van der Waals surface area contributed by atoms with Crippen LogP contribution in [0.2, 0.25) is 0 Å². The maximum Gasteiger partial charge on any atom is 0.139 e. The molecule has 1 atom stereocenters. The van der Waals surface area contributed by atoms with Crippen molar-refractivity contribution in [2.45, 2.75) is 83.5 Å². The number of rotatable bonds is 0. The zero-order chi connectivity index (χ0) is 12.7. The van der Waals surface area contributed by atoms with Crippen LogP contribution in [0.25, 0.3) is 0 Å². The molecule has 0 N–H and O–H groups in total. The second kappa shape index (κ2) is 7.11. The number of carbonyl (C=O) groups is 1. The minimum atomic E-state index is 0.0357. The van der Waals surface area contributed by atoms with Crippen molar-refractivity contribution >= 4 is 5.78 Å². The Morgan fingerprint density at radius 1 is 0.778 bits per heavy atom. The Balaban J connectivity index is 1.98. The van der Waals surface area contributed by atoms with Gasteiger partial charge in [0.05, 0.1) is 0 Å². The average Bonchev–Trinajstić information content (AvgIpc) is 2.40. The Labute approximate surface area is 112 Å². The highest BCUT2D eigenvalue weighted by molar-refractivity contribution is 5.85. The number of ketones is 1. The van der Waals surface area contributed by atoms with E-state index in [-0.39, 0.29) is 5.41 Å². The molecule has 0 aromatic carbocycles. The number of carbonyl (C=O) groups excluding carboxylic acids is 1. The van der Waals surface area contributed by atoms with Gasteiger partial charge in [-0.2, -0.15) is 0 Å². The molecule has 0 heterocycles. The van der Waals surface area contributed by atoms with Crippen LogP contribution in [0.15, 0.2) is 12.2 Å². The van der Waals surface area contributed by atoms with E-state index >= 15 is 0 Å². The summed E-state index contributed by atoms with van der Waals surface area (Å²) in [6.07, 6.45) is 20.2. The highest BCUT2D eigenvalue weighted by Gasteiger charge is 2.36. The molecule has 1 saturated carbocycles. The van der Waals surface area contributed by atoms with Crippen LogP contribution >= 0.6 is 0 Å². The lowest BCUT2D eigenvalue weighted by Crippen LogP contribution is -2.32. The van der Waals surface area contributed by atoms with Crippen molar-refractivity contribution in [3.63, 3.8) is 0 Å². The Morgan fingerprint density at radius 2 is 1.44 bits per heavy atom. The van der Waals surface area contributed by atoms with Crippen LogP contribution in [0.3, 0.4) is 0 Å². The monoisotopic (exact) mass is 248 g/mol. The highest BCUT2D eigenvalue weighted by atomic mass is 16.1. The third kappa shape index (κ3) is 3.70. The SMILES string of the molecule is O=C1CCCCCCCCCCC12CC=CCC2. The van der Waals surface area contributed by atoms with Gasteiger partial charge in [0.2, 0.25) is 0 Å². The molecular formula is C17H28O. The minimum absolute atomic E-state index is 0.0357. The molecule has 1 heteroatoms. The maximum absolute atomic E-state index is 12.6. The van der Waals surface area contributed by atoms with Gasteiger partial charge in [0.25, 0.3) is 0 Å². The molecule has 2 rings (SSSR count). The fraction of sp³-hybridized carbons (Fsp3) is 0.824. The molecule has 0 radical (unpaired) electrons. The third-order valence-electron chi connectivity index (χ3n) is 4.87. The Kier molecular flexibility index (Phi) is 5.46. The summed E-state index contributed by atoms with van der Waals surface area (Å²) in [5.41, 5.74) is 0.0357. The highest BCUT2D eigenvalue weighted by Crippen LogP contribution is 2.40. The molecule has 0 aromatic rings. The van der Waals surface area contributed by atoms with Gasteiger partial charge in [-0.1, -0.05) is 57.1 Å². The van der Waals surface area contributed by atoms with Gasteiger partial charge in [-0.25, -0.2) is 0 Å². The van der Waals surface area contributed by atoms with E-state index in [2.05, 4.69) is 12.2 Å². The van der Waals surface area contributed by atoms with E-state index in [9.17, 15) is 4.79 Å². The molecule has 1 fully saturated rings. The van der Waals surface area contributed by atoms with Gasteiger partial charge in [-0.05, 0) is 32.1 Å². The zero-order valence-corrected chi connectivity index (χ0v) is 11.8. The largest absolute Gasteiger partial charge is 0.299 e. The van der Waals surface area contributed by atoms with Gasteiger partial charge >= 0.3 is 0 Å². The first-order valence-corrected chi connectivity index (χ1v) is 8.02. The average molecular weight is 248 g/mol. The van der Waals surface area contributed by atoms with Gasteiger partial charge in [0.15, 0.2) is 0 Å². The van der Waals surface area contributed by atoms with Crippen LogP contribution in [0.5, 0.6) is 0 Å². The molecule has 0 aliphatic heterocycles. The molecule has 0 saturated heterocycles. The fourth-order valence-electron chi connectivity index (χ4n) is 3.58. The molecule has 0 amide bonds. The van der Waals surface area contributed by atoms with Crippen molar-refractivity contribution in [3.8, 4) is 0 Å². The van der Waals surface area contributed by atoms with Crippen LogP contribution in [-0.4, -0.2) is 5.78 Å². The Hall–Kier alpha value is -0.590. The molecule has 1 unspecified atom stereocenters. The van der Waals surface area contributed by atoms with Gasteiger partial charge in [-0.15, -0.1) is 0 Å². The smallest absolute Gasteiger partial charge is 0.139 e. The van der Waals surface area contributed by atoms with Crippen molar-refractivity contribution in [1.29, 1.82) is 0 Å². The minimum Gasteiger partial charge on any atom is -0.299 e. The van der Waals surface area contributed by atoms with Crippen LogP contribution in [-0.2, 0) is 4.79 Å². The summed E-state index contributed by atoms with van der Waals surface area (Å²) in [5, 5.41) is 0. The molecule has 102 valence electrons. The van der Waals surface area contributed by atoms with E-state index in [1.807, 2.05) is 0 Å². The normalized spacial score (nSPS) is 31.9. The first kappa shape index (κ1) is 13.8. The van der Waals surface area contributed by atoms with Crippen LogP contribution in [0, 0.1) is 5.41 Å². The van der Waals surface area contributed by atoms with Crippen LogP contribution in [0.1, 0.15) is 83.5 Å². The molecular weight excluding hydrogens is 220 g/mol. The predicted octanol–water partition coefficient (Wildman–Crippen LogP) is 5.20. The van der Waals surface area contributed by atoms with E-state index in [1.165, 1.54) is 44.9 Å². The van der Waals surface area contributed by atoms with Crippen molar-refractivity contribution in [2.24, 2.45) is 5.41 Å². The van der Waals surface area contributed by atoms with Gasteiger partial charge in [0, 0.05) is 11.8 Å². The van der Waals surface area contributed by atoms with Crippen molar-refractivity contribution in [1.82, 2.24) is 0 Å². The molecule has 18 heavy (non-hydrogen) atoms. The van der Waals surface area contributed by atoms with Gasteiger partial charge in [-0.3, -0.25) is 4.79 Å². The summed E-state index contributed by atoms with van der Waals surface area (Å²) in [4.78, 5) is 12.6. The number of hydrogen-bond acceptors (Lipinski definition) is 1. The summed E-state index contributed by atoms with van der Waals surface area (Å²) in [7, 11) is 0. The Bertz CT molecular complexity index is 292. The zero-order valence-electron chi connectivity index (χ0n) is 11.8. The lowest BCUT2D eigenvalue weighted by atomic mass is 9.69. The summed E-state index contributed by atoms with van der Waals surface area (Å²) in [5.74, 6) is 0.576. The molecule has 0 bridgehead atoms. The second-order valence-corrected chi connectivity index (χ2v) is 6.25. The van der Waals surface area contributed by atoms with Gasteiger partial charge in [0.1, 0.15) is 5.78 Å². The summed E-state index contributed by atoms with van der Waals surface area (Å²) in [6, 6.07) is 0. The summed E-state index contributed by atoms with van der Waals surface area (Å²) in [6.45, 7) is 0. The quantitative estimate of drug-likeness (QED) is 0.539. The standard InChI is InChI=1S/C17H28O/c18-16-12-8-5-3-1-2-4-6-9-13-17(16)14-10-7-11-15-17/h7,10H,1-6,8-9,11-15H2. The Morgan fingerprint density at radius 3 is 2.11 bits per heavy atom. The fourth-order valence-corrected chi connectivity index (χ4v) is 3.58. The van der Waals surface area contributed by atoms with E-state index in [0.29, 0.717) is 5.78 Å². The molecule has 1 spiro atoms. The lowest BCUT2D eigenvalue weighted by Gasteiger charge is -2.34. The van der Waals surface area contributed by atoms with E-state index in [0.717, 1.165) is 38.5 Å². The van der Waals surface area contributed by atoms with E-state index in [4.69, 9.17) is 0 Å². The molecule has 1 nitrogen and oxygen atoms in total. The van der Waals surface area contributed by atoms with Crippen molar-refractivity contribution in [2.75, 3.05) is 0 Å². The van der Waals surface area contributed by atoms with E-state index in [1.54, 1.807) is 0 Å². The predicted molar refractivity (Wildman–Crippen MR) is 76.6 cm³/mol. The summed E-state index contributed by atoms with van der Waals surface area (Å²) >= 11 is 0. The van der Waals surface area contributed by atoms with Crippen molar-refractivity contribution in [3.05, 3.63) is 12.2 Å². The first-order valence-electron chi connectivity index (χ1n) is 8.02. The van der Waals surface area contributed by atoms with Gasteiger partial charge < -0.3 is 0 Å². The molecule has 2 aliphatic rings. The second-order valence-electron chi connectivity index (χ2n) is 6.25. The topological polar surface area (TPSA) is 17.1 Å². The lowest BCUT2D eigenvalue weighted by molar-refractivity contribution is -0.130. The summed E-state index contributed by atoms with van der Waals surface area (Å²) < 4.78 is 0. The van der Waals surface area contributed by atoms with E-state index < -0.39 is 0 Å².